The Hall–Kier alpha value is -2.83. The average molecular weight is 371 g/mol. The molecule has 0 radical (unpaired) electrons. The van der Waals surface area contributed by atoms with Crippen molar-refractivity contribution in [2.75, 3.05) is 33.3 Å². The van der Waals surface area contributed by atoms with Crippen LogP contribution in [0.25, 0.3) is 10.9 Å². The number of nitrogens with zero attached hydrogens (tertiary/aromatic N) is 2. The SMILES string of the molecule is COC(=O)CCC(=O)N1CCCN(C(=O)Cc2c[nH]c3ccccc23)CC1. The van der Waals surface area contributed by atoms with E-state index in [4.69, 9.17) is 0 Å². The number of rotatable bonds is 5. The van der Waals surface area contributed by atoms with E-state index in [-0.39, 0.29) is 30.6 Å². The van der Waals surface area contributed by atoms with Crippen molar-refractivity contribution in [2.24, 2.45) is 0 Å². The maximum Gasteiger partial charge on any atom is 0.306 e. The quantitative estimate of drug-likeness (QED) is 0.812. The molecule has 0 unspecified atom stereocenters. The van der Waals surface area contributed by atoms with Crippen LogP contribution in [0.2, 0.25) is 0 Å². The molecule has 144 valence electrons. The summed E-state index contributed by atoms with van der Waals surface area (Å²) in [6.45, 7) is 2.27. The van der Waals surface area contributed by atoms with Crippen molar-refractivity contribution in [2.45, 2.75) is 25.7 Å². The summed E-state index contributed by atoms with van der Waals surface area (Å²) in [6.07, 6.45) is 3.22. The van der Waals surface area contributed by atoms with Gasteiger partial charge in [-0.3, -0.25) is 14.4 Å². The van der Waals surface area contributed by atoms with Crippen molar-refractivity contribution in [1.29, 1.82) is 0 Å². The number of esters is 1. The van der Waals surface area contributed by atoms with Gasteiger partial charge in [0.1, 0.15) is 0 Å². The highest BCUT2D eigenvalue weighted by molar-refractivity contribution is 5.89. The van der Waals surface area contributed by atoms with Crippen LogP contribution in [0, 0.1) is 0 Å². The molecular formula is C20H25N3O4. The van der Waals surface area contributed by atoms with Crippen LogP contribution in [0.1, 0.15) is 24.8 Å². The highest BCUT2D eigenvalue weighted by Crippen LogP contribution is 2.19. The molecule has 1 aliphatic rings. The van der Waals surface area contributed by atoms with Gasteiger partial charge in [-0.15, -0.1) is 0 Å². The predicted molar refractivity (Wildman–Crippen MR) is 101 cm³/mol. The number of H-pyrrole nitrogens is 1. The second kappa shape index (κ2) is 8.70. The number of methoxy groups -OCH3 is 1. The van der Waals surface area contributed by atoms with E-state index >= 15 is 0 Å². The molecule has 2 heterocycles. The van der Waals surface area contributed by atoms with E-state index in [1.54, 1.807) is 4.90 Å². The third kappa shape index (κ3) is 4.67. The highest BCUT2D eigenvalue weighted by Gasteiger charge is 2.23. The molecule has 0 bridgehead atoms. The molecule has 2 aromatic rings. The minimum absolute atomic E-state index is 0.0636. The van der Waals surface area contributed by atoms with Gasteiger partial charge in [0.2, 0.25) is 11.8 Å². The molecule has 3 rings (SSSR count). The molecule has 0 spiro atoms. The van der Waals surface area contributed by atoms with Gasteiger partial charge in [-0.1, -0.05) is 18.2 Å². The van der Waals surface area contributed by atoms with Gasteiger partial charge in [-0.05, 0) is 18.1 Å². The number of benzene rings is 1. The Morgan fingerprint density at radius 1 is 1.00 bits per heavy atom. The Labute approximate surface area is 158 Å². The number of aromatic amines is 1. The maximum atomic E-state index is 12.7. The summed E-state index contributed by atoms with van der Waals surface area (Å²) < 4.78 is 4.58. The van der Waals surface area contributed by atoms with Crippen LogP contribution in [0.15, 0.2) is 30.5 Å². The van der Waals surface area contributed by atoms with Gasteiger partial charge in [0.05, 0.1) is 20.0 Å². The van der Waals surface area contributed by atoms with E-state index in [1.807, 2.05) is 35.4 Å². The van der Waals surface area contributed by atoms with Crippen molar-refractivity contribution in [3.8, 4) is 0 Å². The Kier molecular flexibility index (Phi) is 6.11. The third-order valence-corrected chi connectivity index (χ3v) is 4.99. The number of ether oxygens (including phenoxy) is 1. The number of aromatic nitrogens is 1. The zero-order valence-electron chi connectivity index (χ0n) is 15.6. The second-order valence-electron chi connectivity index (χ2n) is 6.73. The molecular weight excluding hydrogens is 346 g/mol. The van der Waals surface area contributed by atoms with Gasteiger partial charge in [0, 0.05) is 49.7 Å². The van der Waals surface area contributed by atoms with Gasteiger partial charge in [0.15, 0.2) is 0 Å². The van der Waals surface area contributed by atoms with Gasteiger partial charge < -0.3 is 19.5 Å². The fraction of sp³-hybridized carbons (Fsp3) is 0.450. The van der Waals surface area contributed by atoms with E-state index < -0.39 is 0 Å². The third-order valence-electron chi connectivity index (χ3n) is 4.99. The van der Waals surface area contributed by atoms with Crippen molar-refractivity contribution in [1.82, 2.24) is 14.8 Å². The van der Waals surface area contributed by atoms with Crippen molar-refractivity contribution in [3.63, 3.8) is 0 Å². The second-order valence-corrected chi connectivity index (χ2v) is 6.73. The van der Waals surface area contributed by atoms with Gasteiger partial charge in [-0.25, -0.2) is 0 Å². The van der Waals surface area contributed by atoms with Crippen LogP contribution < -0.4 is 0 Å². The summed E-state index contributed by atoms with van der Waals surface area (Å²) in [5.41, 5.74) is 2.02. The Balaban J connectivity index is 1.55. The lowest BCUT2D eigenvalue weighted by molar-refractivity contribution is -0.143. The number of hydrogen-bond acceptors (Lipinski definition) is 4. The first-order valence-electron chi connectivity index (χ1n) is 9.26. The Bertz CT molecular complexity index is 829. The molecule has 27 heavy (non-hydrogen) atoms. The van der Waals surface area contributed by atoms with E-state index in [1.165, 1.54) is 7.11 Å². The first-order chi connectivity index (χ1) is 13.1. The lowest BCUT2D eigenvalue weighted by atomic mass is 10.1. The molecule has 1 aromatic carbocycles. The van der Waals surface area contributed by atoms with E-state index in [0.29, 0.717) is 32.6 Å². The lowest BCUT2D eigenvalue weighted by Gasteiger charge is -2.22. The van der Waals surface area contributed by atoms with Crippen molar-refractivity contribution < 1.29 is 19.1 Å². The normalized spacial score (nSPS) is 14.9. The molecule has 0 atom stereocenters. The lowest BCUT2D eigenvalue weighted by Crippen LogP contribution is -2.38. The number of hydrogen-bond donors (Lipinski definition) is 1. The minimum Gasteiger partial charge on any atom is -0.469 e. The van der Waals surface area contributed by atoms with Crippen molar-refractivity contribution in [3.05, 3.63) is 36.0 Å². The summed E-state index contributed by atoms with van der Waals surface area (Å²) in [4.78, 5) is 43.0. The summed E-state index contributed by atoms with van der Waals surface area (Å²) >= 11 is 0. The number of carbonyl (C=O) groups is 3. The zero-order valence-corrected chi connectivity index (χ0v) is 15.6. The molecule has 1 aliphatic heterocycles. The molecule has 1 fully saturated rings. The molecule has 7 nitrogen and oxygen atoms in total. The number of fused-ring (bicyclic) bond motifs is 1. The number of nitrogens with one attached hydrogen (secondary N) is 1. The van der Waals surface area contributed by atoms with Crippen LogP contribution in [0.3, 0.4) is 0 Å². The summed E-state index contributed by atoms with van der Waals surface area (Å²) in [7, 11) is 1.32. The first-order valence-corrected chi connectivity index (χ1v) is 9.26. The predicted octanol–water partition coefficient (Wildman–Crippen LogP) is 1.72. The largest absolute Gasteiger partial charge is 0.469 e. The molecule has 0 aliphatic carbocycles. The van der Waals surface area contributed by atoms with Crippen LogP contribution >= 0.6 is 0 Å². The molecule has 1 N–H and O–H groups in total. The molecule has 0 saturated carbocycles. The fourth-order valence-electron chi connectivity index (χ4n) is 3.44. The molecule has 1 aromatic heterocycles. The van der Waals surface area contributed by atoms with Crippen LogP contribution in [0.5, 0.6) is 0 Å². The molecule has 7 heteroatoms. The Morgan fingerprint density at radius 2 is 1.70 bits per heavy atom. The van der Waals surface area contributed by atoms with Crippen LogP contribution in [-0.4, -0.2) is 65.9 Å². The van der Waals surface area contributed by atoms with Gasteiger partial charge >= 0.3 is 5.97 Å². The standard InChI is InChI=1S/C20H25N3O4/c1-27-20(26)8-7-18(24)22-9-4-10-23(12-11-22)19(25)13-15-14-21-17-6-3-2-5-16(15)17/h2-3,5-6,14,21H,4,7-13H2,1H3. The fourth-order valence-corrected chi connectivity index (χ4v) is 3.44. The summed E-state index contributed by atoms with van der Waals surface area (Å²) in [5.74, 6) is -0.372. The minimum atomic E-state index is -0.381. The Morgan fingerprint density at radius 3 is 2.44 bits per heavy atom. The number of para-hydroxylation sites is 1. The molecule has 2 amide bonds. The van der Waals surface area contributed by atoms with E-state index in [9.17, 15) is 14.4 Å². The zero-order chi connectivity index (χ0) is 19.2. The number of amides is 2. The molecule has 1 saturated heterocycles. The van der Waals surface area contributed by atoms with Gasteiger partial charge in [-0.2, -0.15) is 0 Å². The summed E-state index contributed by atoms with van der Waals surface area (Å²) in [5, 5.41) is 1.07. The van der Waals surface area contributed by atoms with Crippen LogP contribution in [-0.2, 0) is 25.5 Å². The topological polar surface area (TPSA) is 82.7 Å². The van der Waals surface area contributed by atoms with E-state index in [0.717, 1.165) is 22.9 Å². The number of carbonyl (C=O) groups excluding carboxylic acids is 3. The van der Waals surface area contributed by atoms with Crippen molar-refractivity contribution >= 4 is 28.7 Å². The monoisotopic (exact) mass is 371 g/mol. The highest BCUT2D eigenvalue weighted by atomic mass is 16.5. The average Bonchev–Trinajstić information content (AvgIpc) is 2.92. The smallest absolute Gasteiger partial charge is 0.306 e. The van der Waals surface area contributed by atoms with E-state index in [2.05, 4.69) is 9.72 Å². The summed E-state index contributed by atoms with van der Waals surface area (Å²) in [6, 6.07) is 7.94. The van der Waals surface area contributed by atoms with Crippen LogP contribution in [0.4, 0.5) is 0 Å². The first kappa shape index (κ1) is 18.9. The maximum absolute atomic E-state index is 12.7. The van der Waals surface area contributed by atoms with Gasteiger partial charge in [0.25, 0.3) is 0 Å².